The second kappa shape index (κ2) is 14.1. The van der Waals surface area contributed by atoms with Crippen molar-refractivity contribution in [2.75, 3.05) is 19.8 Å². The highest BCUT2D eigenvalue weighted by molar-refractivity contribution is 14.1. The molecule has 0 fully saturated rings. The second-order valence-electron chi connectivity index (χ2n) is 7.21. The summed E-state index contributed by atoms with van der Waals surface area (Å²) in [5, 5.41) is 0. The average molecular weight is 507 g/mol. The van der Waals surface area contributed by atoms with Crippen molar-refractivity contribution in [2.45, 2.75) is 82.6 Å². The molecule has 0 heterocycles. The highest BCUT2D eigenvalue weighted by Gasteiger charge is 2.48. The van der Waals surface area contributed by atoms with Crippen molar-refractivity contribution in [3.05, 3.63) is 35.4 Å². The van der Waals surface area contributed by atoms with E-state index in [1.165, 1.54) is 11.1 Å². The first kappa shape index (κ1) is 25.1. The van der Waals surface area contributed by atoms with Crippen molar-refractivity contribution in [2.24, 2.45) is 0 Å². The third-order valence-electron chi connectivity index (χ3n) is 4.83. The van der Waals surface area contributed by atoms with Gasteiger partial charge in [0.15, 0.2) is 0 Å². The quantitative estimate of drug-likeness (QED) is 0.109. The first-order chi connectivity index (χ1) is 13.0. The van der Waals surface area contributed by atoms with E-state index in [1.54, 1.807) is 0 Å². The van der Waals surface area contributed by atoms with Crippen molar-refractivity contribution >= 4 is 31.4 Å². The fraction of sp³-hybridized carbons (Fsp3) is 0.727. The summed E-state index contributed by atoms with van der Waals surface area (Å²) in [6.45, 7) is 13.2. The maximum Gasteiger partial charge on any atom is 0.508 e. The summed E-state index contributed by atoms with van der Waals surface area (Å²) in [6, 6.07) is 8.91. The Bertz CT molecular complexity index is 466. The van der Waals surface area contributed by atoms with Crippen molar-refractivity contribution in [1.82, 2.24) is 0 Å². The van der Waals surface area contributed by atoms with Crippen LogP contribution in [-0.2, 0) is 13.3 Å². The van der Waals surface area contributed by atoms with Crippen molar-refractivity contribution in [3.63, 3.8) is 0 Å². The molecular formula is C22H39IO3Si. The molecule has 0 saturated carbocycles. The Morgan fingerprint density at radius 2 is 1.11 bits per heavy atom. The van der Waals surface area contributed by atoms with E-state index in [4.69, 9.17) is 13.3 Å². The third-order valence-corrected chi connectivity index (χ3v) is 8.76. The number of benzene rings is 1. The zero-order chi connectivity index (χ0) is 20.1. The Labute approximate surface area is 182 Å². The molecule has 0 radical (unpaired) electrons. The largest absolute Gasteiger partial charge is 0.508 e. The number of rotatable bonds is 15. The molecule has 3 nitrogen and oxygen atoms in total. The highest BCUT2D eigenvalue weighted by atomic mass is 127. The van der Waals surface area contributed by atoms with Gasteiger partial charge in [0.2, 0.25) is 0 Å². The number of hydrogen-bond acceptors (Lipinski definition) is 3. The summed E-state index contributed by atoms with van der Waals surface area (Å²) < 4.78 is 19.9. The Balaban J connectivity index is 3.06. The monoisotopic (exact) mass is 506 g/mol. The van der Waals surface area contributed by atoms with Crippen LogP contribution in [0.15, 0.2) is 24.3 Å². The van der Waals surface area contributed by atoms with Gasteiger partial charge >= 0.3 is 8.80 Å². The van der Waals surface area contributed by atoms with E-state index in [2.05, 4.69) is 81.5 Å². The Morgan fingerprint density at radius 1 is 0.741 bits per heavy atom. The SMILES string of the molecule is CCCCO[Si](OCCCC)(OCCCC)C(C)c1ccc(C(C)I)cc1. The van der Waals surface area contributed by atoms with Gasteiger partial charge in [-0.25, -0.2) is 0 Å². The fourth-order valence-electron chi connectivity index (χ4n) is 2.83. The topological polar surface area (TPSA) is 27.7 Å². The summed E-state index contributed by atoms with van der Waals surface area (Å²) >= 11 is 2.46. The molecule has 0 amide bonds. The average Bonchev–Trinajstić information content (AvgIpc) is 2.67. The zero-order valence-corrected chi connectivity index (χ0v) is 21.1. The van der Waals surface area contributed by atoms with E-state index in [9.17, 15) is 0 Å². The van der Waals surface area contributed by atoms with Gasteiger partial charge < -0.3 is 13.3 Å². The normalized spacial score (nSPS) is 14.3. The molecule has 5 heteroatoms. The molecule has 156 valence electrons. The summed E-state index contributed by atoms with van der Waals surface area (Å²) in [5.74, 6) is 0. The fourth-order valence-corrected chi connectivity index (χ4v) is 6.13. The molecule has 0 aliphatic carbocycles. The first-order valence-corrected chi connectivity index (χ1v) is 13.7. The van der Waals surface area contributed by atoms with Gasteiger partial charge in [-0.15, -0.1) is 0 Å². The number of halogens is 1. The molecule has 0 aromatic heterocycles. The minimum Gasteiger partial charge on any atom is -0.373 e. The molecule has 2 atom stereocenters. The van der Waals surface area contributed by atoms with Gasteiger partial charge in [-0.3, -0.25) is 0 Å². The van der Waals surface area contributed by atoms with Gasteiger partial charge in [-0.1, -0.05) is 93.8 Å². The number of unbranched alkanes of at least 4 members (excludes halogenated alkanes) is 3. The van der Waals surface area contributed by atoms with Gasteiger partial charge in [-0.2, -0.15) is 0 Å². The maximum absolute atomic E-state index is 6.45. The van der Waals surface area contributed by atoms with Crippen LogP contribution < -0.4 is 0 Å². The van der Waals surface area contributed by atoms with Crippen LogP contribution in [0.25, 0.3) is 0 Å². The predicted octanol–water partition coefficient (Wildman–Crippen LogP) is 7.21. The van der Waals surface area contributed by atoms with Crippen LogP contribution >= 0.6 is 22.6 Å². The molecule has 0 bridgehead atoms. The van der Waals surface area contributed by atoms with Crippen molar-refractivity contribution in [1.29, 1.82) is 0 Å². The maximum atomic E-state index is 6.45. The van der Waals surface area contributed by atoms with Crippen LogP contribution in [0.2, 0.25) is 0 Å². The second-order valence-corrected chi connectivity index (χ2v) is 12.0. The van der Waals surface area contributed by atoms with Crippen LogP contribution in [0.1, 0.15) is 93.7 Å². The minimum atomic E-state index is -2.80. The lowest BCUT2D eigenvalue weighted by Crippen LogP contribution is -2.51. The molecule has 1 aromatic rings. The molecule has 0 saturated heterocycles. The van der Waals surface area contributed by atoms with Crippen LogP contribution in [0.5, 0.6) is 0 Å². The van der Waals surface area contributed by atoms with E-state index >= 15 is 0 Å². The van der Waals surface area contributed by atoms with Crippen LogP contribution in [0.4, 0.5) is 0 Å². The molecule has 0 aliphatic heterocycles. The third kappa shape index (κ3) is 8.52. The summed E-state index contributed by atoms with van der Waals surface area (Å²) in [4.78, 5) is 0. The summed E-state index contributed by atoms with van der Waals surface area (Å²) in [5.41, 5.74) is 2.75. The zero-order valence-electron chi connectivity index (χ0n) is 17.9. The van der Waals surface area contributed by atoms with Crippen LogP contribution in [-0.4, -0.2) is 28.6 Å². The molecule has 0 aliphatic rings. The molecule has 1 aromatic carbocycles. The van der Waals surface area contributed by atoms with Crippen LogP contribution in [0.3, 0.4) is 0 Å². The minimum absolute atomic E-state index is 0.140. The standard InChI is InChI=1S/C22H39IO3Si/c1-6-9-16-24-27(25-17-10-7-2,26-18-11-8-3)20(5)22-14-12-21(13-15-22)19(4)23/h12-15,19-20H,6-11,16-18H2,1-5H3. The first-order valence-electron chi connectivity index (χ1n) is 10.7. The van der Waals surface area contributed by atoms with Gasteiger partial charge in [0.25, 0.3) is 0 Å². The van der Waals surface area contributed by atoms with E-state index in [-0.39, 0.29) is 5.54 Å². The van der Waals surface area contributed by atoms with Gasteiger partial charge in [0.05, 0.1) is 5.54 Å². The Hall–Kier alpha value is 0.0469. The van der Waals surface area contributed by atoms with Crippen molar-refractivity contribution in [3.8, 4) is 0 Å². The van der Waals surface area contributed by atoms with Gasteiger partial charge in [0.1, 0.15) is 0 Å². The lowest BCUT2D eigenvalue weighted by atomic mass is 10.1. The van der Waals surface area contributed by atoms with Crippen LogP contribution in [0, 0.1) is 0 Å². The van der Waals surface area contributed by atoms with Crippen molar-refractivity contribution < 1.29 is 13.3 Å². The molecular weight excluding hydrogens is 467 g/mol. The lowest BCUT2D eigenvalue weighted by molar-refractivity contribution is 0.0488. The predicted molar refractivity (Wildman–Crippen MR) is 126 cm³/mol. The smallest absolute Gasteiger partial charge is 0.373 e. The molecule has 1 rings (SSSR count). The van der Waals surface area contributed by atoms with E-state index in [0.29, 0.717) is 23.7 Å². The molecule has 27 heavy (non-hydrogen) atoms. The van der Waals surface area contributed by atoms with Gasteiger partial charge in [0, 0.05) is 23.7 Å². The number of alkyl halides is 1. The highest BCUT2D eigenvalue weighted by Crippen LogP contribution is 2.32. The van der Waals surface area contributed by atoms with E-state index < -0.39 is 8.80 Å². The summed E-state index contributed by atoms with van der Waals surface area (Å²) in [7, 11) is -2.80. The number of hydrogen-bond donors (Lipinski definition) is 0. The molecule has 0 spiro atoms. The Morgan fingerprint density at radius 3 is 1.44 bits per heavy atom. The van der Waals surface area contributed by atoms with Gasteiger partial charge in [-0.05, 0) is 37.3 Å². The molecule has 0 N–H and O–H groups in total. The molecule has 2 unspecified atom stereocenters. The Kier molecular flexibility index (Phi) is 13.1. The van der Waals surface area contributed by atoms with E-state index in [0.717, 1.165) is 38.5 Å². The summed E-state index contributed by atoms with van der Waals surface area (Å²) in [6.07, 6.45) is 6.48. The van der Waals surface area contributed by atoms with E-state index in [1.807, 2.05) is 0 Å². The lowest BCUT2D eigenvalue weighted by Gasteiger charge is -2.35.